The molecule has 1 unspecified atom stereocenters. The maximum absolute atomic E-state index is 11.3. The molecule has 2 N–H and O–H groups in total. The molecule has 0 saturated heterocycles. The van der Waals surface area contributed by atoms with E-state index in [2.05, 4.69) is 5.32 Å². The highest BCUT2D eigenvalue weighted by Gasteiger charge is 2.16. The zero-order valence-electron chi connectivity index (χ0n) is 10.1. The molecule has 1 rings (SSSR count). The zero-order chi connectivity index (χ0) is 13.8. The fourth-order valence-electron chi connectivity index (χ4n) is 1.25. The molecule has 0 heterocycles. The van der Waals surface area contributed by atoms with Gasteiger partial charge in [-0.2, -0.15) is 0 Å². The monoisotopic (exact) mass is 273 g/mol. The minimum Gasteiger partial charge on any atom is -0.491 e. The second-order valence-corrected chi connectivity index (χ2v) is 5.75. The van der Waals surface area contributed by atoms with Crippen molar-refractivity contribution >= 4 is 15.8 Å². The molecule has 18 heavy (non-hydrogen) atoms. The third kappa shape index (κ3) is 4.01. The van der Waals surface area contributed by atoms with Crippen molar-refractivity contribution in [1.82, 2.24) is 5.32 Å². The molecule has 1 aromatic carbocycles. The van der Waals surface area contributed by atoms with Crippen LogP contribution in [-0.4, -0.2) is 45.4 Å². The van der Waals surface area contributed by atoms with E-state index in [0.717, 1.165) is 6.26 Å². The number of ether oxygens (including phenoxy) is 1. The summed E-state index contributed by atoms with van der Waals surface area (Å²) in [4.78, 5) is 10.9. The van der Waals surface area contributed by atoms with Gasteiger partial charge in [-0.1, -0.05) is 6.07 Å². The lowest BCUT2D eigenvalue weighted by atomic mass is 10.3. The number of nitrogens with one attached hydrogen (secondary N) is 1. The average Bonchev–Trinajstić information content (AvgIpc) is 2.28. The number of benzene rings is 1. The summed E-state index contributed by atoms with van der Waals surface area (Å²) in [6, 6.07) is 5.09. The third-order valence-electron chi connectivity index (χ3n) is 2.30. The topological polar surface area (TPSA) is 92.7 Å². The molecule has 0 spiro atoms. The first-order chi connectivity index (χ1) is 8.34. The van der Waals surface area contributed by atoms with Crippen LogP contribution in [0.25, 0.3) is 0 Å². The van der Waals surface area contributed by atoms with Crippen LogP contribution in [0.1, 0.15) is 0 Å². The average molecular weight is 273 g/mol. The molecular weight excluding hydrogens is 258 g/mol. The van der Waals surface area contributed by atoms with Crippen LogP contribution in [0.4, 0.5) is 0 Å². The molecule has 0 aliphatic rings. The lowest BCUT2D eigenvalue weighted by Gasteiger charge is -2.13. The van der Waals surface area contributed by atoms with E-state index in [0.29, 0.717) is 5.75 Å². The summed E-state index contributed by atoms with van der Waals surface area (Å²) in [5.41, 5.74) is 0. The zero-order valence-corrected chi connectivity index (χ0v) is 10.9. The summed E-state index contributed by atoms with van der Waals surface area (Å²) in [7, 11) is -1.79. The van der Waals surface area contributed by atoms with E-state index >= 15 is 0 Å². The normalized spacial score (nSPS) is 13.0. The van der Waals surface area contributed by atoms with Crippen LogP contribution < -0.4 is 10.1 Å². The smallest absolute Gasteiger partial charge is 0.324 e. The van der Waals surface area contributed by atoms with Gasteiger partial charge in [0.05, 0.1) is 4.90 Å². The maximum atomic E-state index is 11.3. The summed E-state index contributed by atoms with van der Waals surface area (Å²) in [5, 5.41) is 11.4. The van der Waals surface area contributed by atoms with Crippen LogP contribution in [0.5, 0.6) is 5.75 Å². The van der Waals surface area contributed by atoms with Gasteiger partial charge in [0.1, 0.15) is 18.4 Å². The molecule has 0 aromatic heterocycles. The van der Waals surface area contributed by atoms with Crippen molar-refractivity contribution in [3.63, 3.8) is 0 Å². The van der Waals surface area contributed by atoms with E-state index in [4.69, 9.17) is 9.84 Å². The molecule has 0 saturated carbocycles. The Kier molecular flexibility index (Phi) is 4.69. The minimum atomic E-state index is -3.30. The maximum Gasteiger partial charge on any atom is 0.324 e. The second-order valence-electron chi connectivity index (χ2n) is 3.74. The van der Waals surface area contributed by atoms with E-state index < -0.39 is 21.8 Å². The fourth-order valence-corrected chi connectivity index (χ4v) is 1.91. The van der Waals surface area contributed by atoms with Gasteiger partial charge in [-0.3, -0.25) is 4.79 Å². The Bertz CT molecular complexity index is 526. The summed E-state index contributed by atoms with van der Waals surface area (Å²) >= 11 is 0. The number of carbonyl (C=O) groups is 1. The number of carboxylic acids is 1. The van der Waals surface area contributed by atoms with Crippen LogP contribution in [0, 0.1) is 0 Å². The largest absolute Gasteiger partial charge is 0.491 e. The Morgan fingerprint density at radius 3 is 2.67 bits per heavy atom. The summed E-state index contributed by atoms with van der Waals surface area (Å²) in [5.74, 6) is -0.712. The van der Waals surface area contributed by atoms with E-state index in [-0.39, 0.29) is 11.5 Å². The number of hydrogen-bond donors (Lipinski definition) is 2. The quantitative estimate of drug-likeness (QED) is 0.766. The van der Waals surface area contributed by atoms with E-state index in [1.165, 1.54) is 19.2 Å². The Balaban J connectivity index is 2.77. The SMILES string of the molecule is CNC(COc1cccc(S(C)(=O)=O)c1)C(=O)O. The first-order valence-electron chi connectivity index (χ1n) is 5.17. The number of likely N-dealkylation sites (N-methyl/N-ethyl adjacent to an activating group) is 1. The van der Waals surface area contributed by atoms with Gasteiger partial charge in [0, 0.05) is 6.26 Å². The van der Waals surface area contributed by atoms with E-state index in [9.17, 15) is 13.2 Å². The molecule has 0 amide bonds. The molecule has 0 fully saturated rings. The van der Waals surface area contributed by atoms with E-state index in [1.807, 2.05) is 0 Å². The summed E-state index contributed by atoms with van der Waals surface area (Å²) in [6.07, 6.45) is 1.10. The third-order valence-corrected chi connectivity index (χ3v) is 3.41. The van der Waals surface area contributed by atoms with Gasteiger partial charge >= 0.3 is 5.97 Å². The van der Waals surface area contributed by atoms with Crippen molar-refractivity contribution in [2.45, 2.75) is 10.9 Å². The van der Waals surface area contributed by atoms with Gasteiger partial charge in [-0.05, 0) is 25.2 Å². The van der Waals surface area contributed by atoms with Crippen LogP contribution in [0.2, 0.25) is 0 Å². The van der Waals surface area contributed by atoms with Gasteiger partial charge < -0.3 is 15.2 Å². The van der Waals surface area contributed by atoms with Crippen molar-refractivity contribution in [2.24, 2.45) is 0 Å². The molecule has 1 aromatic rings. The number of rotatable bonds is 6. The molecule has 0 radical (unpaired) electrons. The molecule has 0 bridgehead atoms. The van der Waals surface area contributed by atoms with Crippen molar-refractivity contribution in [3.05, 3.63) is 24.3 Å². The number of carboxylic acid groups (broad SMARTS) is 1. The van der Waals surface area contributed by atoms with Crippen molar-refractivity contribution in [2.75, 3.05) is 19.9 Å². The second kappa shape index (κ2) is 5.83. The highest BCUT2D eigenvalue weighted by molar-refractivity contribution is 7.90. The molecule has 7 heteroatoms. The van der Waals surface area contributed by atoms with Crippen molar-refractivity contribution < 1.29 is 23.1 Å². The highest BCUT2D eigenvalue weighted by Crippen LogP contribution is 2.17. The van der Waals surface area contributed by atoms with Gasteiger partial charge in [0.15, 0.2) is 9.84 Å². The van der Waals surface area contributed by atoms with Crippen LogP contribution in [0.15, 0.2) is 29.2 Å². The Morgan fingerprint density at radius 2 is 2.17 bits per heavy atom. The molecular formula is C11H15NO5S. The Hall–Kier alpha value is -1.60. The molecule has 1 atom stereocenters. The van der Waals surface area contributed by atoms with Crippen LogP contribution in [-0.2, 0) is 14.6 Å². The summed E-state index contributed by atoms with van der Waals surface area (Å²) < 4.78 is 27.9. The van der Waals surface area contributed by atoms with Crippen LogP contribution >= 0.6 is 0 Å². The van der Waals surface area contributed by atoms with Crippen molar-refractivity contribution in [3.8, 4) is 5.75 Å². The number of sulfone groups is 1. The molecule has 0 aliphatic carbocycles. The first kappa shape index (κ1) is 14.5. The van der Waals surface area contributed by atoms with E-state index in [1.54, 1.807) is 12.1 Å². The van der Waals surface area contributed by atoms with Gasteiger partial charge in [0.2, 0.25) is 0 Å². The van der Waals surface area contributed by atoms with Crippen LogP contribution in [0.3, 0.4) is 0 Å². The predicted octanol–water partition coefficient (Wildman–Crippen LogP) is 0.141. The van der Waals surface area contributed by atoms with Gasteiger partial charge in [-0.25, -0.2) is 8.42 Å². The Morgan fingerprint density at radius 1 is 1.50 bits per heavy atom. The Labute approximate surface area is 106 Å². The minimum absolute atomic E-state index is 0.0843. The predicted molar refractivity (Wildman–Crippen MR) is 65.5 cm³/mol. The molecule has 6 nitrogen and oxygen atoms in total. The first-order valence-corrected chi connectivity index (χ1v) is 7.06. The van der Waals surface area contributed by atoms with Gasteiger partial charge in [0.25, 0.3) is 0 Å². The standard InChI is InChI=1S/C11H15NO5S/c1-12-10(11(13)14)7-17-8-4-3-5-9(6-8)18(2,15)16/h3-6,10,12H,7H2,1-2H3,(H,13,14). The van der Waals surface area contributed by atoms with Gasteiger partial charge in [-0.15, -0.1) is 0 Å². The number of hydrogen-bond acceptors (Lipinski definition) is 5. The lowest BCUT2D eigenvalue weighted by Crippen LogP contribution is -2.39. The number of aliphatic carboxylic acids is 1. The highest BCUT2D eigenvalue weighted by atomic mass is 32.2. The summed E-state index contributed by atoms with van der Waals surface area (Å²) in [6.45, 7) is -0.0843. The van der Waals surface area contributed by atoms with Crippen molar-refractivity contribution in [1.29, 1.82) is 0 Å². The lowest BCUT2D eigenvalue weighted by molar-refractivity contribution is -0.140. The fraction of sp³-hybridized carbons (Fsp3) is 0.364. The molecule has 0 aliphatic heterocycles. The molecule has 100 valence electrons.